The second kappa shape index (κ2) is 6.26. The van der Waals surface area contributed by atoms with Crippen molar-refractivity contribution >= 4 is 11.9 Å². The molecular weight excluding hydrogens is 270 g/mol. The van der Waals surface area contributed by atoms with Crippen LogP contribution in [0.15, 0.2) is 30.3 Å². The van der Waals surface area contributed by atoms with Gasteiger partial charge < -0.3 is 14.7 Å². The summed E-state index contributed by atoms with van der Waals surface area (Å²) in [4.78, 5) is 25.5. The molecule has 1 aromatic rings. The average molecular weight is 291 g/mol. The first-order chi connectivity index (χ1) is 9.99. The van der Waals surface area contributed by atoms with Crippen LogP contribution in [0.5, 0.6) is 0 Å². The number of rotatable bonds is 4. The molecule has 1 heterocycles. The Bertz CT molecular complexity index is 508. The van der Waals surface area contributed by atoms with E-state index in [-0.39, 0.29) is 5.91 Å². The van der Waals surface area contributed by atoms with E-state index < -0.39 is 17.4 Å². The van der Waals surface area contributed by atoms with Crippen molar-refractivity contribution in [3.8, 4) is 0 Å². The van der Waals surface area contributed by atoms with Gasteiger partial charge in [-0.05, 0) is 25.3 Å². The Morgan fingerprint density at radius 2 is 1.81 bits per heavy atom. The third-order valence-corrected chi connectivity index (χ3v) is 4.34. The van der Waals surface area contributed by atoms with Crippen LogP contribution in [0.3, 0.4) is 0 Å². The van der Waals surface area contributed by atoms with Crippen LogP contribution in [0.4, 0.5) is 0 Å². The van der Waals surface area contributed by atoms with Crippen LogP contribution < -0.4 is 0 Å². The zero-order chi connectivity index (χ0) is 15.5. The number of carboxylic acid groups (broad SMARTS) is 1. The summed E-state index contributed by atoms with van der Waals surface area (Å²) in [6, 6.07) is 8.73. The highest BCUT2D eigenvalue weighted by Crippen LogP contribution is 2.36. The first kappa shape index (κ1) is 15.5. The van der Waals surface area contributed by atoms with Gasteiger partial charge in [0.2, 0.25) is 5.91 Å². The van der Waals surface area contributed by atoms with Gasteiger partial charge in [0, 0.05) is 20.3 Å². The number of ether oxygens (including phenoxy) is 1. The molecule has 1 N–H and O–H groups in total. The van der Waals surface area contributed by atoms with Crippen molar-refractivity contribution in [3.05, 3.63) is 35.9 Å². The third-order valence-electron chi connectivity index (χ3n) is 4.34. The highest BCUT2D eigenvalue weighted by Gasteiger charge is 2.44. The van der Waals surface area contributed by atoms with E-state index in [4.69, 9.17) is 9.84 Å². The fraction of sp³-hybridized carbons (Fsp3) is 0.500. The van der Waals surface area contributed by atoms with E-state index in [1.165, 1.54) is 11.8 Å². The van der Waals surface area contributed by atoms with Gasteiger partial charge in [-0.2, -0.15) is 0 Å². The van der Waals surface area contributed by atoms with Crippen molar-refractivity contribution in [3.63, 3.8) is 0 Å². The second-order valence-corrected chi connectivity index (χ2v) is 5.49. The molecule has 0 bridgehead atoms. The van der Waals surface area contributed by atoms with E-state index in [0.717, 1.165) is 5.56 Å². The maximum Gasteiger partial charge on any atom is 0.326 e. The van der Waals surface area contributed by atoms with Crippen molar-refractivity contribution in [2.45, 2.75) is 31.2 Å². The zero-order valence-corrected chi connectivity index (χ0v) is 12.4. The van der Waals surface area contributed by atoms with Crippen LogP contribution in [-0.2, 0) is 19.7 Å². The Morgan fingerprint density at radius 1 is 1.24 bits per heavy atom. The van der Waals surface area contributed by atoms with Crippen molar-refractivity contribution in [2.75, 3.05) is 20.3 Å². The first-order valence-electron chi connectivity index (χ1n) is 7.12. The average Bonchev–Trinajstić information content (AvgIpc) is 2.54. The van der Waals surface area contributed by atoms with E-state index in [2.05, 4.69) is 0 Å². The number of carbonyl (C=O) groups excluding carboxylic acids is 1. The topological polar surface area (TPSA) is 66.8 Å². The SMILES string of the molecule is CC(C(=O)O)N(C)C(=O)C1(c2ccccc2)CCOCC1. The zero-order valence-electron chi connectivity index (χ0n) is 12.4. The standard InChI is InChI=1S/C16H21NO4/c1-12(14(18)19)17(2)15(20)16(8-10-21-11-9-16)13-6-4-3-5-7-13/h3-7,12H,8-11H2,1-2H3,(H,18,19). The highest BCUT2D eigenvalue weighted by molar-refractivity contribution is 5.91. The summed E-state index contributed by atoms with van der Waals surface area (Å²) in [5.41, 5.74) is 0.251. The lowest BCUT2D eigenvalue weighted by molar-refractivity contribution is -0.152. The molecule has 1 saturated heterocycles. The quantitative estimate of drug-likeness (QED) is 0.916. The van der Waals surface area contributed by atoms with Gasteiger partial charge in [0.1, 0.15) is 6.04 Å². The minimum Gasteiger partial charge on any atom is -0.480 e. The number of benzene rings is 1. The lowest BCUT2D eigenvalue weighted by Crippen LogP contribution is -2.52. The largest absolute Gasteiger partial charge is 0.480 e. The highest BCUT2D eigenvalue weighted by atomic mass is 16.5. The maximum absolute atomic E-state index is 13.0. The molecule has 1 aliphatic heterocycles. The second-order valence-electron chi connectivity index (χ2n) is 5.49. The molecule has 1 amide bonds. The third kappa shape index (κ3) is 2.93. The summed E-state index contributed by atoms with van der Waals surface area (Å²) < 4.78 is 5.40. The molecule has 5 nitrogen and oxygen atoms in total. The van der Waals surface area contributed by atoms with E-state index in [0.29, 0.717) is 26.1 Å². The summed E-state index contributed by atoms with van der Waals surface area (Å²) in [6.07, 6.45) is 1.15. The lowest BCUT2D eigenvalue weighted by Gasteiger charge is -2.40. The molecule has 1 aromatic carbocycles. The van der Waals surface area contributed by atoms with E-state index >= 15 is 0 Å². The van der Waals surface area contributed by atoms with Gasteiger partial charge in [-0.1, -0.05) is 30.3 Å². The summed E-state index contributed by atoms with van der Waals surface area (Å²) in [7, 11) is 1.56. The lowest BCUT2D eigenvalue weighted by atomic mass is 9.73. The molecule has 21 heavy (non-hydrogen) atoms. The summed E-state index contributed by atoms with van der Waals surface area (Å²) in [5.74, 6) is -1.15. The van der Waals surface area contributed by atoms with Gasteiger partial charge >= 0.3 is 5.97 Å². The molecule has 0 spiro atoms. The van der Waals surface area contributed by atoms with Crippen LogP contribution >= 0.6 is 0 Å². The molecule has 0 aliphatic carbocycles. The number of hydrogen-bond acceptors (Lipinski definition) is 3. The van der Waals surface area contributed by atoms with Gasteiger partial charge in [0.25, 0.3) is 0 Å². The van der Waals surface area contributed by atoms with E-state index in [1.54, 1.807) is 7.05 Å². The summed E-state index contributed by atoms with van der Waals surface area (Å²) >= 11 is 0. The predicted octanol–water partition coefficient (Wildman–Crippen LogP) is 1.67. The van der Waals surface area contributed by atoms with E-state index in [9.17, 15) is 9.59 Å². The minimum absolute atomic E-state index is 0.146. The van der Waals surface area contributed by atoms with Gasteiger partial charge in [0.15, 0.2) is 0 Å². The fourth-order valence-corrected chi connectivity index (χ4v) is 2.78. The molecule has 114 valence electrons. The van der Waals surface area contributed by atoms with Crippen molar-refractivity contribution in [2.24, 2.45) is 0 Å². The summed E-state index contributed by atoms with van der Waals surface area (Å²) in [6.45, 7) is 2.55. The molecule has 1 aliphatic rings. The number of nitrogens with zero attached hydrogens (tertiary/aromatic N) is 1. The van der Waals surface area contributed by atoms with Crippen LogP contribution in [0.25, 0.3) is 0 Å². The number of carboxylic acids is 1. The Balaban J connectivity index is 2.37. The fourth-order valence-electron chi connectivity index (χ4n) is 2.78. The predicted molar refractivity (Wildman–Crippen MR) is 78.0 cm³/mol. The van der Waals surface area contributed by atoms with Crippen LogP contribution in [0.2, 0.25) is 0 Å². The Labute approximate surface area is 124 Å². The molecular formula is C16H21NO4. The van der Waals surface area contributed by atoms with Crippen LogP contribution in [-0.4, -0.2) is 48.2 Å². The molecule has 1 unspecified atom stereocenters. The van der Waals surface area contributed by atoms with Crippen LogP contribution in [0, 0.1) is 0 Å². The normalized spacial score (nSPS) is 18.8. The maximum atomic E-state index is 13.0. The van der Waals surface area contributed by atoms with Crippen molar-refractivity contribution in [1.82, 2.24) is 4.90 Å². The minimum atomic E-state index is -0.999. The number of hydrogen-bond donors (Lipinski definition) is 1. The van der Waals surface area contributed by atoms with Gasteiger partial charge in [-0.3, -0.25) is 4.79 Å². The van der Waals surface area contributed by atoms with Crippen molar-refractivity contribution < 1.29 is 19.4 Å². The number of aliphatic carboxylic acids is 1. The molecule has 0 radical (unpaired) electrons. The number of likely N-dealkylation sites (N-methyl/N-ethyl adjacent to an activating group) is 1. The Kier molecular flexibility index (Phi) is 4.63. The first-order valence-corrected chi connectivity index (χ1v) is 7.12. The molecule has 0 saturated carbocycles. The molecule has 2 rings (SSSR count). The molecule has 1 atom stereocenters. The molecule has 5 heteroatoms. The summed E-state index contributed by atoms with van der Waals surface area (Å²) in [5, 5.41) is 9.14. The monoisotopic (exact) mass is 291 g/mol. The Hall–Kier alpha value is -1.88. The van der Waals surface area contributed by atoms with Gasteiger partial charge in [0.05, 0.1) is 5.41 Å². The van der Waals surface area contributed by atoms with Crippen molar-refractivity contribution in [1.29, 1.82) is 0 Å². The van der Waals surface area contributed by atoms with E-state index in [1.807, 2.05) is 30.3 Å². The smallest absolute Gasteiger partial charge is 0.326 e. The van der Waals surface area contributed by atoms with Crippen LogP contribution in [0.1, 0.15) is 25.3 Å². The van der Waals surface area contributed by atoms with Gasteiger partial charge in [-0.15, -0.1) is 0 Å². The molecule has 1 fully saturated rings. The number of amides is 1. The number of carbonyl (C=O) groups is 2. The Morgan fingerprint density at radius 3 is 2.33 bits per heavy atom. The van der Waals surface area contributed by atoms with Gasteiger partial charge in [-0.25, -0.2) is 4.79 Å². The molecule has 0 aromatic heterocycles.